The van der Waals surface area contributed by atoms with Crippen LogP contribution in [0.2, 0.25) is 0 Å². The number of nitrogens with one attached hydrogen (secondary N) is 1. The van der Waals surface area contributed by atoms with Gasteiger partial charge in [0.05, 0.1) is 6.54 Å². The number of piperidine rings is 1. The first-order valence-corrected chi connectivity index (χ1v) is 8.19. The molecular formula is C14H21N3O2S. The summed E-state index contributed by atoms with van der Waals surface area (Å²) in [6.07, 6.45) is 4.88. The van der Waals surface area contributed by atoms with Crippen molar-refractivity contribution < 1.29 is 9.90 Å². The highest BCUT2D eigenvalue weighted by Crippen LogP contribution is 2.24. The fourth-order valence-corrected chi connectivity index (χ4v) is 3.34. The maximum absolute atomic E-state index is 11.8. The van der Waals surface area contributed by atoms with Crippen molar-refractivity contribution in [3.63, 3.8) is 0 Å². The molecule has 0 bridgehead atoms. The Kier molecular flexibility index (Phi) is 4.33. The quantitative estimate of drug-likeness (QED) is 0.850. The maximum atomic E-state index is 11.8. The van der Waals surface area contributed by atoms with Gasteiger partial charge in [0.1, 0.15) is 11.1 Å². The average molecular weight is 295 g/mol. The van der Waals surface area contributed by atoms with Crippen LogP contribution in [-0.4, -0.2) is 46.1 Å². The van der Waals surface area contributed by atoms with Gasteiger partial charge in [0.15, 0.2) is 0 Å². The topological polar surface area (TPSA) is 65.5 Å². The summed E-state index contributed by atoms with van der Waals surface area (Å²) in [7, 11) is 0. The van der Waals surface area contributed by atoms with Gasteiger partial charge in [0, 0.05) is 17.6 Å². The summed E-state index contributed by atoms with van der Waals surface area (Å²) in [5, 5.41) is 16.1. The second-order valence-corrected chi connectivity index (χ2v) is 6.75. The van der Waals surface area contributed by atoms with Crippen LogP contribution in [0.4, 0.5) is 0 Å². The molecule has 1 aliphatic heterocycles. The summed E-state index contributed by atoms with van der Waals surface area (Å²) < 4.78 is 0. The Morgan fingerprint density at radius 2 is 2.20 bits per heavy atom. The molecule has 2 N–H and O–H groups in total. The average Bonchev–Trinajstić information content (AvgIpc) is 3.12. The molecule has 20 heavy (non-hydrogen) atoms. The van der Waals surface area contributed by atoms with Crippen LogP contribution in [0.1, 0.15) is 30.7 Å². The molecule has 1 aliphatic carbocycles. The lowest BCUT2D eigenvalue weighted by molar-refractivity contribution is -0.133. The van der Waals surface area contributed by atoms with E-state index in [1.165, 1.54) is 0 Å². The lowest BCUT2D eigenvalue weighted by Crippen LogP contribution is -2.44. The van der Waals surface area contributed by atoms with E-state index in [4.69, 9.17) is 0 Å². The van der Waals surface area contributed by atoms with Crippen molar-refractivity contribution in [1.82, 2.24) is 15.2 Å². The molecule has 1 saturated carbocycles. The second-order valence-electron chi connectivity index (χ2n) is 5.77. The second kappa shape index (κ2) is 6.20. The SMILES string of the molecule is O=C(NC1CC1)[C@H](O)C1CCN(Cc2nccs2)CC1. The smallest absolute Gasteiger partial charge is 0.249 e. The predicted molar refractivity (Wildman–Crippen MR) is 77.3 cm³/mol. The number of hydrogen-bond acceptors (Lipinski definition) is 5. The van der Waals surface area contributed by atoms with Crippen LogP contribution < -0.4 is 5.32 Å². The number of aromatic nitrogens is 1. The third kappa shape index (κ3) is 3.56. The van der Waals surface area contributed by atoms with Crippen LogP contribution in [0, 0.1) is 5.92 Å². The summed E-state index contributed by atoms with van der Waals surface area (Å²) in [6.45, 7) is 2.74. The summed E-state index contributed by atoms with van der Waals surface area (Å²) in [4.78, 5) is 18.5. The number of likely N-dealkylation sites (tertiary alicyclic amines) is 1. The molecule has 1 aromatic rings. The Bertz CT molecular complexity index is 439. The number of carbonyl (C=O) groups is 1. The van der Waals surface area contributed by atoms with Crippen molar-refractivity contribution in [2.75, 3.05) is 13.1 Å². The van der Waals surface area contributed by atoms with Gasteiger partial charge in [-0.15, -0.1) is 11.3 Å². The van der Waals surface area contributed by atoms with E-state index < -0.39 is 6.10 Å². The predicted octanol–water partition coefficient (Wildman–Crippen LogP) is 0.995. The van der Waals surface area contributed by atoms with Crippen molar-refractivity contribution in [3.05, 3.63) is 16.6 Å². The molecule has 0 unspecified atom stereocenters. The molecular weight excluding hydrogens is 274 g/mol. The molecule has 3 rings (SSSR count). The van der Waals surface area contributed by atoms with Crippen molar-refractivity contribution in [2.24, 2.45) is 5.92 Å². The zero-order valence-corrected chi connectivity index (χ0v) is 12.3. The van der Waals surface area contributed by atoms with E-state index in [1.54, 1.807) is 11.3 Å². The van der Waals surface area contributed by atoms with E-state index in [-0.39, 0.29) is 11.8 Å². The molecule has 2 fully saturated rings. The molecule has 1 amide bonds. The van der Waals surface area contributed by atoms with Gasteiger partial charge in [-0.25, -0.2) is 4.98 Å². The van der Waals surface area contributed by atoms with Gasteiger partial charge in [0.25, 0.3) is 0 Å². The minimum Gasteiger partial charge on any atom is -0.383 e. The van der Waals surface area contributed by atoms with E-state index >= 15 is 0 Å². The molecule has 0 aromatic carbocycles. The van der Waals surface area contributed by atoms with Crippen LogP contribution >= 0.6 is 11.3 Å². The van der Waals surface area contributed by atoms with Gasteiger partial charge in [-0.05, 0) is 44.7 Å². The highest BCUT2D eigenvalue weighted by molar-refractivity contribution is 7.09. The molecule has 5 nitrogen and oxygen atoms in total. The molecule has 110 valence electrons. The first-order valence-electron chi connectivity index (χ1n) is 7.31. The van der Waals surface area contributed by atoms with Gasteiger partial charge in [0.2, 0.25) is 5.91 Å². The Labute approximate surface area is 123 Å². The lowest BCUT2D eigenvalue weighted by Gasteiger charge is -2.33. The molecule has 6 heteroatoms. The Balaban J connectivity index is 1.44. The third-order valence-corrected chi connectivity index (χ3v) is 4.88. The van der Waals surface area contributed by atoms with Crippen LogP contribution in [0.5, 0.6) is 0 Å². The molecule has 2 aliphatic rings. The Morgan fingerprint density at radius 1 is 1.45 bits per heavy atom. The van der Waals surface area contributed by atoms with E-state index in [0.29, 0.717) is 6.04 Å². The van der Waals surface area contributed by atoms with Gasteiger partial charge in [-0.1, -0.05) is 0 Å². The normalized spacial score (nSPS) is 22.6. The number of hydrogen-bond donors (Lipinski definition) is 2. The molecule has 1 aromatic heterocycles. The standard InChI is InChI=1S/C14H21N3O2S/c18-13(14(19)16-11-1-2-11)10-3-6-17(7-4-10)9-12-15-5-8-20-12/h5,8,10-11,13,18H,1-4,6-7,9H2,(H,16,19)/t13-/m1/s1. The molecule has 1 saturated heterocycles. The number of aliphatic hydroxyl groups excluding tert-OH is 1. The van der Waals surface area contributed by atoms with Crippen LogP contribution in [0.25, 0.3) is 0 Å². The third-order valence-electron chi connectivity index (χ3n) is 4.11. The molecule has 0 spiro atoms. The minimum atomic E-state index is -0.836. The van der Waals surface area contributed by atoms with Crippen LogP contribution in [0.15, 0.2) is 11.6 Å². The largest absolute Gasteiger partial charge is 0.383 e. The van der Waals surface area contributed by atoms with Crippen LogP contribution in [-0.2, 0) is 11.3 Å². The van der Waals surface area contributed by atoms with Crippen molar-refractivity contribution in [1.29, 1.82) is 0 Å². The van der Waals surface area contributed by atoms with Gasteiger partial charge in [-0.3, -0.25) is 9.69 Å². The van der Waals surface area contributed by atoms with Crippen molar-refractivity contribution in [3.8, 4) is 0 Å². The number of nitrogens with zero attached hydrogens (tertiary/aromatic N) is 2. The lowest BCUT2D eigenvalue weighted by atomic mass is 9.90. The van der Waals surface area contributed by atoms with E-state index in [9.17, 15) is 9.90 Å². The molecule has 1 atom stereocenters. The molecule has 2 heterocycles. The van der Waals surface area contributed by atoms with Gasteiger partial charge < -0.3 is 10.4 Å². The van der Waals surface area contributed by atoms with Gasteiger partial charge in [-0.2, -0.15) is 0 Å². The van der Waals surface area contributed by atoms with Crippen molar-refractivity contribution >= 4 is 17.2 Å². The first kappa shape index (κ1) is 14.0. The van der Waals surface area contributed by atoms with Gasteiger partial charge >= 0.3 is 0 Å². The maximum Gasteiger partial charge on any atom is 0.249 e. The Hall–Kier alpha value is -0.980. The van der Waals surface area contributed by atoms with E-state index in [0.717, 1.165) is 50.3 Å². The summed E-state index contributed by atoms with van der Waals surface area (Å²) in [6, 6.07) is 0.321. The summed E-state index contributed by atoms with van der Waals surface area (Å²) in [5.74, 6) is -0.0767. The number of aliphatic hydroxyl groups is 1. The monoisotopic (exact) mass is 295 g/mol. The first-order chi connectivity index (χ1) is 9.72. The summed E-state index contributed by atoms with van der Waals surface area (Å²) in [5.41, 5.74) is 0. The number of amides is 1. The van der Waals surface area contributed by atoms with Crippen molar-refractivity contribution in [2.45, 2.75) is 44.4 Å². The highest BCUT2D eigenvalue weighted by Gasteiger charge is 2.32. The van der Waals surface area contributed by atoms with E-state index in [1.807, 2.05) is 11.6 Å². The highest BCUT2D eigenvalue weighted by atomic mass is 32.1. The fourth-order valence-electron chi connectivity index (χ4n) is 2.68. The Morgan fingerprint density at radius 3 is 2.80 bits per heavy atom. The zero-order valence-electron chi connectivity index (χ0n) is 11.5. The molecule has 0 radical (unpaired) electrons. The van der Waals surface area contributed by atoms with Crippen LogP contribution in [0.3, 0.4) is 0 Å². The summed E-state index contributed by atoms with van der Waals surface area (Å²) >= 11 is 1.68. The number of thiazole rings is 1. The van der Waals surface area contributed by atoms with E-state index in [2.05, 4.69) is 15.2 Å². The minimum absolute atomic E-state index is 0.0984. The fraction of sp³-hybridized carbons (Fsp3) is 0.714. The number of carbonyl (C=O) groups excluding carboxylic acids is 1. The zero-order chi connectivity index (χ0) is 13.9. The number of rotatable bonds is 5.